The van der Waals surface area contributed by atoms with Crippen LogP contribution >= 0.6 is 0 Å². The van der Waals surface area contributed by atoms with Crippen LogP contribution in [0.5, 0.6) is 0 Å². The van der Waals surface area contributed by atoms with E-state index in [4.69, 9.17) is 10.5 Å². The van der Waals surface area contributed by atoms with Gasteiger partial charge >= 0.3 is 6.09 Å². The first-order valence-electron chi connectivity index (χ1n) is 7.46. The highest BCUT2D eigenvalue weighted by Crippen LogP contribution is 2.24. The number of nitrogens with one attached hydrogen (secondary N) is 2. The number of nitrogens with zero attached hydrogens (tertiary/aromatic N) is 1. The summed E-state index contributed by atoms with van der Waals surface area (Å²) >= 11 is 0. The van der Waals surface area contributed by atoms with Gasteiger partial charge < -0.3 is 21.1 Å². The van der Waals surface area contributed by atoms with Gasteiger partial charge in [-0.25, -0.2) is 17.5 Å². The monoisotopic (exact) mass is 358 g/mol. The molecule has 0 aliphatic heterocycles. The van der Waals surface area contributed by atoms with Gasteiger partial charge in [0.1, 0.15) is 5.60 Å². The first kappa shape index (κ1) is 20.0. The second-order valence-corrected chi connectivity index (χ2v) is 8.54. The van der Waals surface area contributed by atoms with Crippen LogP contribution in [-0.2, 0) is 14.8 Å². The van der Waals surface area contributed by atoms with Gasteiger partial charge in [0.2, 0.25) is 10.0 Å². The van der Waals surface area contributed by atoms with Gasteiger partial charge in [0.15, 0.2) is 0 Å². The predicted octanol–water partition coefficient (Wildman–Crippen LogP) is 1.46. The summed E-state index contributed by atoms with van der Waals surface area (Å²) < 4.78 is 30.5. The number of benzene rings is 1. The molecule has 9 heteroatoms. The van der Waals surface area contributed by atoms with E-state index in [0.29, 0.717) is 24.5 Å². The van der Waals surface area contributed by atoms with Crippen LogP contribution in [0.25, 0.3) is 0 Å². The van der Waals surface area contributed by atoms with E-state index in [1.54, 1.807) is 20.8 Å². The minimum absolute atomic E-state index is 0.143. The molecule has 0 radical (unpaired) electrons. The number of hydrogen-bond donors (Lipinski definition) is 3. The number of nitrogens with two attached hydrogens (primary N) is 1. The molecule has 136 valence electrons. The molecule has 24 heavy (non-hydrogen) atoms. The molecule has 0 fully saturated rings. The van der Waals surface area contributed by atoms with E-state index in [9.17, 15) is 13.2 Å². The number of alkyl carbamates (subject to hydrolysis) is 1. The Morgan fingerprint density at radius 1 is 1.25 bits per heavy atom. The second-order valence-electron chi connectivity index (χ2n) is 6.39. The largest absolute Gasteiger partial charge is 0.444 e. The minimum atomic E-state index is -3.53. The summed E-state index contributed by atoms with van der Waals surface area (Å²) in [6.45, 7) is 6.01. The maximum Gasteiger partial charge on any atom is 0.407 e. The summed E-state index contributed by atoms with van der Waals surface area (Å²) in [5, 5.41) is 5.61. The van der Waals surface area contributed by atoms with E-state index in [0.717, 1.165) is 4.31 Å². The van der Waals surface area contributed by atoms with E-state index in [1.165, 1.54) is 32.3 Å². The van der Waals surface area contributed by atoms with Crippen molar-refractivity contribution in [2.24, 2.45) is 0 Å². The Labute approximate surface area is 143 Å². The van der Waals surface area contributed by atoms with Crippen molar-refractivity contribution in [2.45, 2.75) is 31.3 Å². The Morgan fingerprint density at radius 3 is 2.42 bits per heavy atom. The van der Waals surface area contributed by atoms with E-state index in [-0.39, 0.29) is 4.90 Å². The summed E-state index contributed by atoms with van der Waals surface area (Å²) in [6, 6.07) is 4.45. The van der Waals surface area contributed by atoms with Crippen LogP contribution in [0.3, 0.4) is 0 Å². The van der Waals surface area contributed by atoms with Crippen LogP contribution in [0.2, 0.25) is 0 Å². The highest BCUT2D eigenvalue weighted by molar-refractivity contribution is 7.89. The number of sulfonamides is 1. The summed E-state index contributed by atoms with van der Waals surface area (Å²) in [5.74, 6) is 0. The number of rotatable bonds is 6. The lowest BCUT2D eigenvalue weighted by atomic mass is 10.2. The third kappa shape index (κ3) is 5.89. The van der Waals surface area contributed by atoms with Crippen LogP contribution in [0.15, 0.2) is 23.1 Å². The fourth-order valence-corrected chi connectivity index (χ4v) is 2.66. The van der Waals surface area contributed by atoms with Crippen molar-refractivity contribution in [1.29, 1.82) is 0 Å². The van der Waals surface area contributed by atoms with Crippen molar-refractivity contribution < 1.29 is 17.9 Å². The lowest BCUT2D eigenvalue weighted by molar-refractivity contribution is 0.0530. The van der Waals surface area contributed by atoms with Gasteiger partial charge in [-0.1, -0.05) is 0 Å². The van der Waals surface area contributed by atoms with Crippen LogP contribution < -0.4 is 16.4 Å². The molecule has 0 heterocycles. The van der Waals surface area contributed by atoms with Crippen molar-refractivity contribution in [3.8, 4) is 0 Å². The molecule has 1 amide bonds. The van der Waals surface area contributed by atoms with Crippen molar-refractivity contribution in [2.75, 3.05) is 38.2 Å². The van der Waals surface area contributed by atoms with Gasteiger partial charge in [-0.2, -0.15) is 0 Å². The maximum absolute atomic E-state index is 12.1. The summed E-state index contributed by atoms with van der Waals surface area (Å²) in [7, 11) is -0.609. The Morgan fingerprint density at radius 2 is 1.88 bits per heavy atom. The number of anilines is 2. The van der Waals surface area contributed by atoms with Gasteiger partial charge in [-0.05, 0) is 39.0 Å². The zero-order valence-corrected chi connectivity index (χ0v) is 15.5. The molecule has 0 bridgehead atoms. The van der Waals surface area contributed by atoms with E-state index in [1.807, 2.05) is 0 Å². The zero-order valence-electron chi connectivity index (χ0n) is 14.7. The van der Waals surface area contributed by atoms with Gasteiger partial charge in [0.05, 0.1) is 16.3 Å². The zero-order chi connectivity index (χ0) is 18.5. The number of amides is 1. The molecule has 0 saturated heterocycles. The molecule has 0 aliphatic carbocycles. The van der Waals surface area contributed by atoms with Crippen LogP contribution in [-0.4, -0.2) is 51.6 Å². The Kier molecular flexibility index (Phi) is 6.44. The molecule has 0 spiro atoms. The summed E-state index contributed by atoms with van der Waals surface area (Å²) in [5.41, 5.74) is 6.20. The van der Waals surface area contributed by atoms with Crippen LogP contribution in [0.4, 0.5) is 16.2 Å². The van der Waals surface area contributed by atoms with Crippen LogP contribution in [0, 0.1) is 0 Å². The number of nitrogen functional groups attached to an aromatic ring is 1. The van der Waals surface area contributed by atoms with Crippen molar-refractivity contribution in [3.05, 3.63) is 18.2 Å². The van der Waals surface area contributed by atoms with E-state index >= 15 is 0 Å². The fourth-order valence-electron chi connectivity index (χ4n) is 1.74. The van der Waals surface area contributed by atoms with Gasteiger partial charge in [-0.3, -0.25) is 0 Å². The molecular weight excluding hydrogens is 332 g/mol. The molecule has 0 atom stereocenters. The SMILES string of the molecule is CN(C)S(=O)(=O)c1ccc(N)c(NCCNC(=O)OC(C)(C)C)c1. The summed E-state index contributed by atoms with van der Waals surface area (Å²) in [6.07, 6.45) is -0.513. The quantitative estimate of drug-likeness (QED) is 0.524. The van der Waals surface area contributed by atoms with Crippen LogP contribution in [0.1, 0.15) is 20.8 Å². The molecule has 1 aromatic rings. The standard InChI is InChI=1S/C15H26N4O4S/c1-15(2,3)23-14(20)18-9-8-17-13-10-11(6-7-12(13)16)24(21,22)19(4)5/h6-7,10,17H,8-9,16H2,1-5H3,(H,18,20). The Bertz CT molecular complexity index is 681. The smallest absolute Gasteiger partial charge is 0.407 e. The Balaban J connectivity index is 2.65. The molecule has 0 unspecified atom stereocenters. The molecule has 0 aliphatic rings. The predicted molar refractivity (Wildman–Crippen MR) is 94.5 cm³/mol. The van der Waals surface area contributed by atoms with E-state index < -0.39 is 21.7 Å². The first-order chi connectivity index (χ1) is 10.9. The maximum atomic E-state index is 12.1. The van der Waals surface area contributed by atoms with Crippen molar-refractivity contribution in [3.63, 3.8) is 0 Å². The average Bonchev–Trinajstić information content (AvgIpc) is 2.43. The third-order valence-corrected chi connectivity index (χ3v) is 4.72. The molecule has 0 aromatic heterocycles. The molecule has 8 nitrogen and oxygen atoms in total. The summed E-state index contributed by atoms with van der Waals surface area (Å²) in [4.78, 5) is 11.7. The van der Waals surface area contributed by atoms with Gasteiger partial charge in [0.25, 0.3) is 0 Å². The molecular formula is C15H26N4O4S. The molecule has 1 aromatic carbocycles. The molecule has 1 rings (SSSR count). The topological polar surface area (TPSA) is 114 Å². The highest BCUT2D eigenvalue weighted by Gasteiger charge is 2.18. The number of carbonyl (C=O) groups excluding carboxylic acids is 1. The van der Waals surface area contributed by atoms with Crippen molar-refractivity contribution in [1.82, 2.24) is 9.62 Å². The number of ether oxygens (including phenoxy) is 1. The van der Waals surface area contributed by atoms with E-state index in [2.05, 4.69) is 10.6 Å². The lowest BCUT2D eigenvalue weighted by Gasteiger charge is -2.20. The number of carbonyl (C=O) groups is 1. The van der Waals surface area contributed by atoms with Crippen molar-refractivity contribution >= 4 is 27.5 Å². The molecule has 0 saturated carbocycles. The van der Waals surface area contributed by atoms with Gasteiger partial charge in [0, 0.05) is 27.2 Å². The number of hydrogen-bond acceptors (Lipinski definition) is 6. The highest BCUT2D eigenvalue weighted by atomic mass is 32.2. The normalized spacial score (nSPS) is 12.1. The minimum Gasteiger partial charge on any atom is -0.444 e. The first-order valence-corrected chi connectivity index (χ1v) is 8.90. The average molecular weight is 358 g/mol. The third-order valence-electron chi connectivity index (χ3n) is 2.91. The lowest BCUT2D eigenvalue weighted by Crippen LogP contribution is -2.35. The Hall–Kier alpha value is -2.00. The molecule has 4 N–H and O–H groups in total. The second kappa shape index (κ2) is 7.71. The fraction of sp³-hybridized carbons (Fsp3) is 0.533. The van der Waals surface area contributed by atoms with Gasteiger partial charge in [-0.15, -0.1) is 0 Å².